The van der Waals surface area contributed by atoms with Crippen molar-refractivity contribution in [2.45, 2.75) is 24.8 Å². The highest BCUT2D eigenvalue weighted by molar-refractivity contribution is 5.82. The van der Waals surface area contributed by atoms with Gasteiger partial charge >= 0.3 is 0 Å². The Morgan fingerprint density at radius 1 is 1.04 bits per heavy atom. The molecule has 0 aliphatic heterocycles. The fraction of sp³-hybridized carbons (Fsp3) is 0.350. The quantitative estimate of drug-likeness (QED) is 0.823. The van der Waals surface area contributed by atoms with E-state index in [1.165, 1.54) is 5.56 Å². The minimum atomic E-state index is -0.222. The summed E-state index contributed by atoms with van der Waals surface area (Å²) < 4.78 is 0. The van der Waals surface area contributed by atoms with Crippen molar-refractivity contribution in [2.75, 3.05) is 24.6 Å². The number of hydrogen-bond acceptors (Lipinski definition) is 3. The van der Waals surface area contributed by atoms with E-state index < -0.39 is 0 Å². The van der Waals surface area contributed by atoms with Gasteiger partial charge in [-0.15, -0.1) is 0 Å². The fourth-order valence-electron chi connectivity index (χ4n) is 3.31. The Kier molecular flexibility index (Phi) is 5.16. The van der Waals surface area contributed by atoms with Crippen molar-refractivity contribution in [2.24, 2.45) is 0 Å². The number of carbonyl (C=O) groups is 1. The third-order valence-electron chi connectivity index (χ3n) is 4.74. The van der Waals surface area contributed by atoms with E-state index in [2.05, 4.69) is 17.4 Å². The van der Waals surface area contributed by atoms with Crippen LogP contribution in [0.2, 0.25) is 0 Å². The number of rotatable bonds is 7. The van der Waals surface area contributed by atoms with Gasteiger partial charge in [0, 0.05) is 12.2 Å². The van der Waals surface area contributed by atoms with E-state index in [1.807, 2.05) is 53.4 Å². The summed E-state index contributed by atoms with van der Waals surface area (Å²) in [6, 6.07) is 19.9. The van der Waals surface area contributed by atoms with Crippen LogP contribution in [0.3, 0.4) is 0 Å². The number of para-hydroxylation sites is 1. The Balaban J connectivity index is 1.69. The molecule has 2 aromatic rings. The van der Waals surface area contributed by atoms with E-state index in [4.69, 9.17) is 0 Å². The third kappa shape index (κ3) is 3.60. The highest BCUT2D eigenvalue weighted by Gasteiger charge is 2.39. The summed E-state index contributed by atoms with van der Waals surface area (Å²) in [5.74, 6) is -0.00384. The minimum Gasteiger partial charge on any atom is -0.395 e. The molecule has 0 radical (unpaired) electrons. The summed E-state index contributed by atoms with van der Waals surface area (Å²) in [7, 11) is 0. The first-order valence-corrected chi connectivity index (χ1v) is 8.51. The Morgan fingerprint density at radius 2 is 1.67 bits per heavy atom. The normalized spacial score (nSPS) is 15.4. The summed E-state index contributed by atoms with van der Waals surface area (Å²) in [6.07, 6.45) is 3.09. The zero-order chi connectivity index (χ0) is 16.8. The number of carbonyl (C=O) groups excluding carboxylic acids is 1. The van der Waals surface area contributed by atoms with Crippen LogP contribution in [-0.4, -0.2) is 30.7 Å². The molecule has 24 heavy (non-hydrogen) atoms. The van der Waals surface area contributed by atoms with Crippen molar-refractivity contribution in [3.8, 4) is 0 Å². The molecule has 4 nitrogen and oxygen atoms in total. The van der Waals surface area contributed by atoms with E-state index in [0.29, 0.717) is 6.54 Å². The lowest BCUT2D eigenvalue weighted by molar-refractivity contribution is -0.123. The molecule has 0 unspecified atom stereocenters. The second-order valence-electron chi connectivity index (χ2n) is 6.33. The number of nitrogens with one attached hydrogen (secondary N) is 1. The van der Waals surface area contributed by atoms with Crippen molar-refractivity contribution in [3.05, 3.63) is 66.2 Å². The minimum absolute atomic E-state index is 0.00384. The highest BCUT2D eigenvalue weighted by Crippen LogP contribution is 2.41. The maximum atomic E-state index is 12.6. The van der Waals surface area contributed by atoms with Crippen molar-refractivity contribution < 1.29 is 9.90 Å². The summed E-state index contributed by atoms with van der Waals surface area (Å²) in [4.78, 5) is 14.6. The molecule has 126 valence electrons. The molecule has 1 aliphatic carbocycles. The Bertz CT molecular complexity index is 654. The molecular weight excluding hydrogens is 300 g/mol. The molecule has 3 rings (SSSR count). The van der Waals surface area contributed by atoms with Gasteiger partial charge in [-0.3, -0.25) is 4.79 Å². The molecule has 0 heterocycles. The number of nitrogens with zero attached hydrogens (tertiary/aromatic N) is 1. The lowest BCUT2D eigenvalue weighted by atomic mass is 9.72. The number of anilines is 1. The maximum absolute atomic E-state index is 12.6. The molecule has 0 saturated heterocycles. The predicted octanol–water partition coefficient (Wildman–Crippen LogP) is 2.68. The molecule has 1 aliphatic rings. The van der Waals surface area contributed by atoms with Crippen LogP contribution in [-0.2, 0) is 10.3 Å². The summed E-state index contributed by atoms with van der Waals surface area (Å²) in [6.45, 7) is 0.709. The third-order valence-corrected chi connectivity index (χ3v) is 4.74. The van der Waals surface area contributed by atoms with Gasteiger partial charge in [-0.1, -0.05) is 48.5 Å². The summed E-state index contributed by atoms with van der Waals surface area (Å²) in [5.41, 5.74) is 1.90. The molecule has 1 saturated carbocycles. The standard InChI is InChI=1S/C20H24N2O2/c23-15-14-22(18-10-5-2-6-11-18)16-19(24)21-20(12-7-13-20)17-8-3-1-4-9-17/h1-6,8-11,23H,7,12-16H2,(H,21,24). The Hall–Kier alpha value is -2.33. The molecule has 1 fully saturated rings. The molecule has 2 N–H and O–H groups in total. The molecule has 0 atom stereocenters. The second-order valence-corrected chi connectivity index (χ2v) is 6.33. The van der Waals surface area contributed by atoms with Gasteiger partial charge in [0.15, 0.2) is 0 Å². The summed E-state index contributed by atoms with van der Waals surface area (Å²) >= 11 is 0. The van der Waals surface area contributed by atoms with Crippen molar-refractivity contribution in [1.82, 2.24) is 5.32 Å². The zero-order valence-electron chi connectivity index (χ0n) is 13.8. The number of aliphatic hydroxyl groups excluding tert-OH is 1. The number of benzene rings is 2. The van der Waals surface area contributed by atoms with E-state index in [9.17, 15) is 9.90 Å². The van der Waals surface area contributed by atoms with Gasteiger partial charge in [-0.25, -0.2) is 0 Å². The van der Waals surface area contributed by atoms with Crippen LogP contribution < -0.4 is 10.2 Å². The topological polar surface area (TPSA) is 52.6 Å². The van der Waals surface area contributed by atoms with Gasteiger partial charge in [-0.05, 0) is 37.0 Å². The molecule has 1 amide bonds. The summed E-state index contributed by atoms with van der Waals surface area (Å²) in [5, 5.41) is 12.5. The van der Waals surface area contributed by atoms with Crippen molar-refractivity contribution in [1.29, 1.82) is 0 Å². The predicted molar refractivity (Wildman–Crippen MR) is 95.9 cm³/mol. The second kappa shape index (κ2) is 7.49. The molecule has 2 aromatic carbocycles. The van der Waals surface area contributed by atoms with Crippen LogP contribution in [0.15, 0.2) is 60.7 Å². The molecule has 4 heteroatoms. The van der Waals surface area contributed by atoms with Crippen LogP contribution in [0.5, 0.6) is 0 Å². The van der Waals surface area contributed by atoms with E-state index in [1.54, 1.807) is 0 Å². The fourth-order valence-corrected chi connectivity index (χ4v) is 3.31. The van der Waals surface area contributed by atoms with Crippen LogP contribution in [0, 0.1) is 0 Å². The van der Waals surface area contributed by atoms with Gasteiger partial charge in [0.25, 0.3) is 0 Å². The number of hydrogen-bond donors (Lipinski definition) is 2. The van der Waals surface area contributed by atoms with Gasteiger partial charge in [0.1, 0.15) is 0 Å². The van der Waals surface area contributed by atoms with E-state index >= 15 is 0 Å². The maximum Gasteiger partial charge on any atom is 0.240 e. The first-order chi connectivity index (χ1) is 11.7. The average molecular weight is 324 g/mol. The van der Waals surface area contributed by atoms with Crippen LogP contribution in [0.25, 0.3) is 0 Å². The number of aliphatic hydroxyl groups is 1. The lowest BCUT2D eigenvalue weighted by Crippen LogP contribution is -2.53. The first-order valence-electron chi connectivity index (χ1n) is 8.51. The van der Waals surface area contributed by atoms with Gasteiger partial charge in [-0.2, -0.15) is 0 Å². The van der Waals surface area contributed by atoms with Crippen molar-refractivity contribution in [3.63, 3.8) is 0 Å². The Labute approximate surface area is 143 Å². The van der Waals surface area contributed by atoms with Gasteiger partial charge < -0.3 is 15.3 Å². The lowest BCUT2D eigenvalue weighted by Gasteiger charge is -2.43. The van der Waals surface area contributed by atoms with Crippen LogP contribution in [0.4, 0.5) is 5.69 Å². The van der Waals surface area contributed by atoms with Crippen LogP contribution >= 0.6 is 0 Å². The van der Waals surface area contributed by atoms with Gasteiger partial charge in [0.05, 0.1) is 18.7 Å². The van der Waals surface area contributed by atoms with Gasteiger partial charge in [0.2, 0.25) is 5.91 Å². The molecule has 0 aromatic heterocycles. The average Bonchev–Trinajstić information content (AvgIpc) is 2.59. The first kappa shape index (κ1) is 16.5. The highest BCUT2D eigenvalue weighted by atomic mass is 16.3. The van der Waals surface area contributed by atoms with Crippen LogP contribution in [0.1, 0.15) is 24.8 Å². The van der Waals surface area contributed by atoms with E-state index in [0.717, 1.165) is 24.9 Å². The molecule has 0 bridgehead atoms. The Morgan fingerprint density at radius 3 is 2.21 bits per heavy atom. The van der Waals surface area contributed by atoms with E-state index in [-0.39, 0.29) is 24.6 Å². The van der Waals surface area contributed by atoms with Crippen molar-refractivity contribution >= 4 is 11.6 Å². The SMILES string of the molecule is O=C(CN(CCO)c1ccccc1)NC1(c2ccccc2)CCC1. The molecule has 0 spiro atoms. The largest absolute Gasteiger partial charge is 0.395 e. The smallest absolute Gasteiger partial charge is 0.240 e. The zero-order valence-corrected chi connectivity index (χ0v) is 13.8. The number of amides is 1. The molecular formula is C20H24N2O2. The monoisotopic (exact) mass is 324 g/mol.